The lowest BCUT2D eigenvalue weighted by Gasteiger charge is -2.34. The number of hydrogen-bond acceptors (Lipinski definition) is 8. The molecule has 0 unspecified atom stereocenters. The molecule has 0 amide bonds. The van der Waals surface area contributed by atoms with Gasteiger partial charge in [0.2, 0.25) is 5.95 Å². The van der Waals surface area contributed by atoms with Crippen LogP contribution in [0.4, 0.5) is 20.5 Å². The van der Waals surface area contributed by atoms with Crippen molar-refractivity contribution in [3.63, 3.8) is 0 Å². The number of anilines is 2. The highest BCUT2D eigenvalue weighted by Gasteiger charge is 2.33. The zero-order valence-electron chi connectivity index (χ0n) is 24.0. The number of aromatic nitrogens is 5. The molecule has 5 rings (SSSR count). The number of esters is 1. The van der Waals surface area contributed by atoms with Crippen LogP contribution in [0.5, 0.6) is 0 Å². The molecule has 0 saturated carbocycles. The Morgan fingerprint density at radius 1 is 1.10 bits per heavy atom. The molecule has 41 heavy (non-hydrogen) atoms. The Morgan fingerprint density at radius 2 is 1.85 bits per heavy atom. The Kier molecular flexibility index (Phi) is 8.25. The summed E-state index contributed by atoms with van der Waals surface area (Å²) in [7, 11) is 1.41. The van der Waals surface area contributed by atoms with E-state index in [4.69, 9.17) is 4.74 Å². The SMILES string of the molecule is CCN1CCC([C@@H](C(=O)OC)c2ccc(Nc3ncc(F)c(-c4cc(F)c5nc(C)n(C(C)C)c5c4)n3)nc2)CC1. The fraction of sp³-hybridized carbons (Fsp3) is 0.433. The predicted octanol–water partition coefficient (Wildman–Crippen LogP) is 5.79. The number of rotatable bonds is 8. The molecule has 1 atom stereocenters. The van der Waals surface area contributed by atoms with E-state index in [-0.39, 0.29) is 40.7 Å². The van der Waals surface area contributed by atoms with Crippen molar-refractivity contribution < 1.29 is 18.3 Å². The Labute approximate surface area is 238 Å². The van der Waals surface area contributed by atoms with Crippen LogP contribution in [-0.4, -0.2) is 62.1 Å². The van der Waals surface area contributed by atoms with Crippen LogP contribution in [0, 0.1) is 24.5 Å². The lowest BCUT2D eigenvalue weighted by Crippen LogP contribution is -2.37. The van der Waals surface area contributed by atoms with E-state index < -0.39 is 17.6 Å². The molecule has 0 aliphatic carbocycles. The second-order valence-corrected chi connectivity index (χ2v) is 10.7. The highest BCUT2D eigenvalue weighted by Crippen LogP contribution is 2.34. The number of nitrogens with zero attached hydrogens (tertiary/aromatic N) is 6. The summed E-state index contributed by atoms with van der Waals surface area (Å²) in [5.74, 6) is -0.535. The van der Waals surface area contributed by atoms with Crippen LogP contribution in [0.3, 0.4) is 0 Å². The first-order chi connectivity index (χ1) is 19.7. The summed E-state index contributed by atoms with van der Waals surface area (Å²) >= 11 is 0. The van der Waals surface area contributed by atoms with Gasteiger partial charge in [-0.3, -0.25) is 4.79 Å². The quantitative estimate of drug-likeness (QED) is 0.269. The fourth-order valence-electron chi connectivity index (χ4n) is 5.80. The van der Waals surface area contributed by atoms with Crippen LogP contribution in [0.2, 0.25) is 0 Å². The standard InChI is InChI=1S/C30H35F2N7O2/c1-6-38-11-9-19(10-12-38)26(29(40)41-5)20-7-8-25(33-15-20)36-30-34-16-23(32)27(37-30)21-13-22(31)28-24(14-21)39(17(2)3)18(4)35-28/h7-8,13-17,19,26H,6,9-12H2,1-5H3,(H,33,34,36,37)/t26-/m1/s1. The van der Waals surface area contributed by atoms with E-state index in [0.717, 1.165) is 44.2 Å². The van der Waals surface area contributed by atoms with Gasteiger partial charge in [-0.15, -0.1) is 0 Å². The molecule has 1 aliphatic rings. The maximum absolute atomic E-state index is 15.0. The van der Waals surface area contributed by atoms with E-state index >= 15 is 4.39 Å². The first kappa shape index (κ1) is 28.5. The van der Waals surface area contributed by atoms with Crippen molar-refractivity contribution in [3.05, 3.63) is 59.7 Å². The van der Waals surface area contributed by atoms with Gasteiger partial charge in [0.25, 0.3) is 0 Å². The number of likely N-dealkylation sites (tertiary alicyclic amines) is 1. The number of aryl methyl sites for hydroxylation is 1. The monoisotopic (exact) mass is 563 g/mol. The van der Waals surface area contributed by atoms with E-state index in [1.165, 1.54) is 13.2 Å². The number of methoxy groups -OCH3 is 1. The zero-order chi connectivity index (χ0) is 29.3. The average Bonchev–Trinajstić information content (AvgIpc) is 3.32. The number of carbonyl (C=O) groups excluding carboxylic acids is 1. The van der Waals surface area contributed by atoms with Gasteiger partial charge >= 0.3 is 5.97 Å². The van der Waals surface area contributed by atoms with Crippen LogP contribution < -0.4 is 5.32 Å². The normalized spacial score (nSPS) is 15.4. The molecule has 216 valence electrons. The first-order valence-corrected chi connectivity index (χ1v) is 13.9. The van der Waals surface area contributed by atoms with Gasteiger partial charge in [0.1, 0.15) is 22.9 Å². The number of benzene rings is 1. The molecule has 1 saturated heterocycles. The van der Waals surface area contributed by atoms with Gasteiger partial charge in [-0.1, -0.05) is 13.0 Å². The number of hydrogen-bond donors (Lipinski definition) is 1. The zero-order valence-corrected chi connectivity index (χ0v) is 24.0. The number of nitrogens with one attached hydrogen (secondary N) is 1. The van der Waals surface area contributed by atoms with Crippen molar-refractivity contribution in [3.8, 4) is 11.3 Å². The molecule has 1 fully saturated rings. The second-order valence-electron chi connectivity index (χ2n) is 10.7. The number of fused-ring (bicyclic) bond motifs is 1. The Bertz CT molecular complexity index is 1550. The smallest absolute Gasteiger partial charge is 0.313 e. The predicted molar refractivity (Wildman–Crippen MR) is 153 cm³/mol. The number of piperidine rings is 1. The number of imidazole rings is 1. The Balaban J connectivity index is 1.40. The van der Waals surface area contributed by atoms with Gasteiger partial charge in [-0.05, 0) is 82.9 Å². The van der Waals surface area contributed by atoms with Crippen molar-refractivity contribution in [2.24, 2.45) is 5.92 Å². The molecule has 11 heteroatoms. The molecule has 4 heterocycles. The number of ether oxygens (including phenoxy) is 1. The van der Waals surface area contributed by atoms with Crippen LogP contribution >= 0.6 is 0 Å². The summed E-state index contributed by atoms with van der Waals surface area (Å²) in [6.07, 6.45) is 4.51. The molecule has 4 aromatic rings. The lowest BCUT2D eigenvalue weighted by atomic mass is 9.80. The minimum Gasteiger partial charge on any atom is -0.469 e. The van der Waals surface area contributed by atoms with Gasteiger partial charge in [-0.2, -0.15) is 0 Å². The molecular formula is C30H35F2N7O2. The Hall–Kier alpha value is -3.99. The third kappa shape index (κ3) is 5.76. The second kappa shape index (κ2) is 11.9. The van der Waals surface area contributed by atoms with Crippen molar-refractivity contribution in [1.82, 2.24) is 29.4 Å². The maximum atomic E-state index is 15.0. The van der Waals surface area contributed by atoms with Gasteiger partial charge in [0.05, 0.1) is 24.7 Å². The fourth-order valence-corrected chi connectivity index (χ4v) is 5.80. The van der Waals surface area contributed by atoms with E-state index in [0.29, 0.717) is 17.2 Å². The summed E-state index contributed by atoms with van der Waals surface area (Å²) in [5, 5.41) is 2.99. The number of carbonyl (C=O) groups is 1. The molecule has 1 aromatic carbocycles. The first-order valence-electron chi connectivity index (χ1n) is 13.9. The largest absolute Gasteiger partial charge is 0.469 e. The van der Waals surface area contributed by atoms with E-state index in [1.807, 2.05) is 31.4 Å². The number of pyridine rings is 1. The maximum Gasteiger partial charge on any atom is 0.313 e. The molecule has 1 N–H and O–H groups in total. The summed E-state index contributed by atoms with van der Waals surface area (Å²) in [5.41, 5.74) is 1.81. The molecule has 0 bridgehead atoms. The van der Waals surface area contributed by atoms with Crippen LogP contribution in [0.1, 0.15) is 57.0 Å². The molecule has 0 spiro atoms. The van der Waals surface area contributed by atoms with Gasteiger partial charge < -0.3 is 19.5 Å². The molecular weight excluding hydrogens is 528 g/mol. The highest BCUT2D eigenvalue weighted by atomic mass is 19.1. The summed E-state index contributed by atoms with van der Waals surface area (Å²) in [6, 6.07) is 6.54. The summed E-state index contributed by atoms with van der Waals surface area (Å²) < 4.78 is 37.0. The number of halogens is 2. The Morgan fingerprint density at radius 3 is 2.49 bits per heavy atom. The minimum atomic E-state index is -0.681. The van der Waals surface area contributed by atoms with Crippen molar-refractivity contribution >= 4 is 28.8 Å². The summed E-state index contributed by atoms with van der Waals surface area (Å²) in [4.78, 5) is 32.3. The summed E-state index contributed by atoms with van der Waals surface area (Å²) in [6.45, 7) is 10.8. The van der Waals surface area contributed by atoms with Crippen molar-refractivity contribution in [2.45, 2.75) is 52.5 Å². The van der Waals surface area contributed by atoms with Crippen LogP contribution in [0.15, 0.2) is 36.7 Å². The third-order valence-corrected chi connectivity index (χ3v) is 7.85. The minimum absolute atomic E-state index is 0.0408. The van der Waals surface area contributed by atoms with E-state index in [9.17, 15) is 9.18 Å². The van der Waals surface area contributed by atoms with E-state index in [1.54, 1.807) is 18.3 Å². The molecule has 0 radical (unpaired) electrons. The lowest BCUT2D eigenvalue weighted by molar-refractivity contribution is -0.144. The van der Waals surface area contributed by atoms with Crippen LogP contribution in [0.25, 0.3) is 22.3 Å². The van der Waals surface area contributed by atoms with Crippen molar-refractivity contribution in [1.29, 1.82) is 0 Å². The third-order valence-electron chi connectivity index (χ3n) is 7.85. The van der Waals surface area contributed by atoms with Crippen LogP contribution in [-0.2, 0) is 9.53 Å². The average molecular weight is 564 g/mol. The van der Waals surface area contributed by atoms with Gasteiger partial charge in [0.15, 0.2) is 11.6 Å². The van der Waals surface area contributed by atoms with Gasteiger partial charge in [-0.25, -0.2) is 28.7 Å². The topological polar surface area (TPSA) is 98.1 Å². The highest BCUT2D eigenvalue weighted by molar-refractivity contribution is 5.83. The molecule has 9 nitrogen and oxygen atoms in total. The van der Waals surface area contributed by atoms with Crippen molar-refractivity contribution in [2.75, 3.05) is 32.1 Å². The molecule has 1 aliphatic heterocycles. The molecule has 3 aromatic heterocycles. The van der Waals surface area contributed by atoms with Gasteiger partial charge in [0, 0.05) is 17.8 Å². The van der Waals surface area contributed by atoms with E-state index in [2.05, 4.69) is 37.1 Å².